The first kappa shape index (κ1) is 22.6. The molecule has 0 spiro atoms. The minimum atomic E-state index is -4.77. The van der Waals surface area contributed by atoms with Crippen LogP contribution in [0.4, 0.5) is 24.5 Å². The standard InChI is InChI=1S/C18H15F3N6O2S/c19-18(20,21)29-13-5-1-11(2-6-13)25-16(28)10-30-14-7-3-12(4-8-14)26-27-15(9-22)17(23)24/h1-8,26H,10H2,(H3,23,24)(H,25,28)/b27-15+. The number of nitrogens with one attached hydrogen (secondary N) is 3. The Morgan fingerprint density at radius 1 is 1.17 bits per heavy atom. The van der Waals surface area contributed by atoms with Crippen molar-refractivity contribution in [3.63, 3.8) is 0 Å². The van der Waals surface area contributed by atoms with E-state index >= 15 is 0 Å². The molecule has 2 aromatic rings. The number of amidine groups is 1. The number of rotatable bonds is 8. The normalized spacial score (nSPS) is 11.3. The van der Waals surface area contributed by atoms with Crippen molar-refractivity contribution in [3.8, 4) is 11.8 Å². The summed E-state index contributed by atoms with van der Waals surface area (Å²) in [6.45, 7) is 0. The summed E-state index contributed by atoms with van der Waals surface area (Å²) >= 11 is 1.25. The fraction of sp³-hybridized carbons (Fsp3) is 0.111. The monoisotopic (exact) mass is 436 g/mol. The van der Waals surface area contributed by atoms with Crippen molar-refractivity contribution < 1.29 is 22.7 Å². The Labute approximate surface area is 173 Å². The van der Waals surface area contributed by atoms with Gasteiger partial charge in [-0.15, -0.1) is 24.9 Å². The number of thioether (sulfide) groups is 1. The summed E-state index contributed by atoms with van der Waals surface area (Å²) in [5.41, 5.74) is 8.43. The second-order valence-electron chi connectivity index (χ2n) is 5.53. The minimum absolute atomic E-state index is 0.0780. The third-order valence-corrected chi connectivity index (χ3v) is 4.27. The van der Waals surface area contributed by atoms with E-state index in [0.717, 1.165) is 17.0 Å². The molecular weight excluding hydrogens is 421 g/mol. The maximum absolute atomic E-state index is 12.1. The van der Waals surface area contributed by atoms with E-state index in [0.29, 0.717) is 11.4 Å². The van der Waals surface area contributed by atoms with Crippen molar-refractivity contribution in [3.05, 3.63) is 48.5 Å². The van der Waals surface area contributed by atoms with Gasteiger partial charge >= 0.3 is 6.36 Å². The Kier molecular flexibility index (Phi) is 7.65. The number of hydrazone groups is 1. The van der Waals surface area contributed by atoms with E-state index in [1.807, 2.05) is 0 Å². The van der Waals surface area contributed by atoms with Gasteiger partial charge in [0.15, 0.2) is 5.84 Å². The van der Waals surface area contributed by atoms with E-state index in [9.17, 15) is 18.0 Å². The molecule has 0 aliphatic heterocycles. The molecule has 0 aliphatic rings. The van der Waals surface area contributed by atoms with E-state index in [2.05, 4.69) is 20.6 Å². The molecule has 0 bridgehead atoms. The average molecular weight is 436 g/mol. The maximum atomic E-state index is 12.1. The number of halogens is 3. The van der Waals surface area contributed by atoms with Crippen LogP contribution in [-0.4, -0.2) is 29.6 Å². The molecular formula is C18H15F3N6O2S. The van der Waals surface area contributed by atoms with Gasteiger partial charge in [0.05, 0.1) is 11.4 Å². The summed E-state index contributed by atoms with van der Waals surface area (Å²) in [5, 5.41) is 22.2. The molecule has 0 heterocycles. The van der Waals surface area contributed by atoms with Crippen molar-refractivity contribution in [1.29, 1.82) is 10.7 Å². The second kappa shape index (κ2) is 10.2. The van der Waals surface area contributed by atoms with Gasteiger partial charge in [0.1, 0.15) is 11.8 Å². The quantitative estimate of drug-likeness (QED) is 0.216. The predicted octanol–water partition coefficient (Wildman–Crippen LogP) is 3.54. The predicted molar refractivity (Wildman–Crippen MR) is 108 cm³/mol. The molecule has 0 radical (unpaired) electrons. The number of ether oxygens (including phenoxy) is 1. The number of nitriles is 1. The molecule has 30 heavy (non-hydrogen) atoms. The first-order valence-electron chi connectivity index (χ1n) is 8.13. The molecule has 156 valence electrons. The topological polar surface area (TPSA) is 136 Å². The zero-order valence-electron chi connectivity index (χ0n) is 15.2. The first-order valence-corrected chi connectivity index (χ1v) is 9.11. The number of hydrogen-bond acceptors (Lipinski definition) is 7. The molecule has 0 saturated heterocycles. The first-order chi connectivity index (χ1) is 14.2. The van der Waals surface area contributed by atoms with E-state index in [4.69, 9.17) is 16.4 Å². The fourth-order valence-electron chi connectivity index (χ4n) is 1.98. The largest absolute Gasteiger partial charge is 0.573 e. The van der Waals surface area contributed by atoms with Crippen LogP contribution in [0.2, 0.25) is 0 Å². The van der Waals surface area contributed by atoms with Crippen LogP contribution in [0.3, 0.4) is 0 Å². The van der Waals surface area contributed by atoms with Gasteiger partial charge in [-0.05, 0) is 48.5 Å². The molecule has 5 N–H and O–H groups in total. The molecule has 0 saturated carbocycles. The highest BCUT2D eigenvalue weighted by atomic mass is 32.2. The lowest BCUT2D eigenvalue weighted by atomic mass is 10.3. The Morgan fingerprint density at radius 3 is 2.30 bits per heavy atom. The second-order valence-corrected chi connectivity index (χ2v) is 6.58. The molecule has 12 heteroatoms. The van der Waals surface area contributed by atoms with E-state index in [-0.39, 0.29) is 23.1 Å². The Hall–Kier alpha value is -3.72. The number of nitrogens with zero attached hydrogens (tertiary/aromatic N) is 2. The zero-order valence-corrected chi connectivity index (χ0v) is 16.0. The SMILES string of the molecule is N#C/C(=N\Nc1ccc(SCC(=O)Nc2ccc(OC(F)(F)F)cc2)cc1)C(=N)N. The lowest BCUT2D eigenvalue weighted by molar-refractivity contribution is -0.274. The summed E-state index contributed by atoms with van der Waals surface area (Å²) in [6.07, 6.45) is -4.77. The zero-order chi connectivity index (χ0) is 22.1. The van der Waals surface area contributed by atoms with Gasteiger partial charge in [-0.25, -0.2) is 0 Å². The van der Waals surface area contributed by atoms with Gasteiger partial charge in [0.2, 0.25) is 11.6 Å². The van der Waals surface area contributed by atoms with Crippen LogP contribution in [-0.2, 0) is 4.79 Å². The molecule has 1 amide bonds. The van der Waals surface area contributed by atoms with Gasteiger partial charge in [-0.1, -0.05) is 0 Å². The third-order valence-electron chi connectivity index (χ3n) is 3.25. The molecule has 2 aromatic carbocycles. The van der Waals surface area contributed by atoms with Crippen molar-refractivity contribution in [1.82, 2.24) is 0 Å². The number of amides is 1. The van der Waals surface area contributed by atoms with E-state index in [1.165, 1.54) is 23.9 Å². The molecule has 0 aliphatic carbocycles. The van der Waals surface area contributed by atoms with Gasteiger partial charge < -0.3 is 15.8 Å². The van der Waals surface area contributed by atoms with Crippen LogP contribution in [0.15, 0.2) is 58.5 Å². The van der Waals surface area contributed by atoms with Crippen molar-refractivity contribution in [2.24, 2.45) is 10.8 Å². The number of carbonyl (C=O) groups is 1. The number of hydrogen-bond donors (Lipinski definition) is 4. The van der Waals surface area contributed by atoms with Crippen LogP contribution < -0.4 is 21.2 Å². The molecule has 8 nitrogen and oxygen atoms in total. The van der Waals surface area contributed by atoms with Crippen LogP contribution in [0.25, 0.3) is 0 Å². The Morgan fingerprint density at radius 2 is 1.77 bits per heavy atom. The average Bonchev–Trinajstić information content (AvgIpc) is 2.68. The molecule has 0 atom stereocenters. The number of carbonyl (C=O) groups excluding carboxylic acids is 1. The highest BCUT2D eigenvalue weighted by Gasteiger charge is 2.30. The lowest BCUT2D eigenvalue weighted by Gasteiger charge is -2.10. The van der Waals surface area contributed by atoms with Crippen LogP contribution in [0.1, 0.15) is 0 Å². The summed E-state index contributed by atoms with van der Waals surface area (Å²) in [5.74, 6) is -1.09. The van der Waals surface area contributed by atoms with Gasteiger partial charge in [0, 0.05) is 10.6 Å². The van der Waals surface area contributed by atoms with E-state index < -0.39 is 12.2 Å². The smallest absolute Gasteiger partial charge is 0.406 e. The van der Waals surface area contributed by atoms with Crippen LogP contribution in [0.5, 0.6) is 5.75 Å². The fourth-order valence-corrected chi connectivity index (χ4v) is 2.68. The summed E-state index contributed by atoms with van der Waals surface area (Å²) in [4.78, 5) is 12.8. The Balaban J connectivity index is 1.83. The highest BCUT2D eigenvalue weighted by molar-refractivity contribution is 8.00. The van der Waals surface area contributed by atoms with Crippen LogP contribution in [0, 0.1) is 16.7 Å². The maximum Gasteiger partial charge on any atom is 0.573 e. The summed E-state index contributed by atoms with van der Waals surface area (Å²) in [7, 11) is 0. The lowest BCUT2D eigenvalue weighted by Crippen LogP contribution is -2.21. The summed E-state index contributed by atoms with van der Waals surface area (Å²) in [6, 6.07) is 13.3. The number of nitrogens with two attached hydrogens (primary N) is 1. The summed E-state index contributed by atoms with van der Waals surface area (Å²) < 4.78 is 40.2. The number of anilines is 2. The molecule has 0 fully saturated rings. The van der Waals surface area contributed by atoms with Crippen molar-refractivity contribution in [2.45, 2.75) is 11.3 Å². The number of benzene rings is 2. The van der Waals surface area contributed by atoms with E-state index in [1.54, 1.807) is 30.3 Å². The van der Waals surface area contributed by atoms with Crippen molar-refractivity contribution in [2.75, 3.05) is 16.5 Å². The van der Waals surface area contributed by atoms with Crippen LogP contribution >= 0.6 is 11.8 Å². The minimum Gasteiger partial charge on any atom is -0.406 e. The van der Waals surface area contributed by atoms with Gasteiger partial charge in [0.25, 0.3) is 0 Å². The highest BCUT2D eigenvalue weighted by Crippen LogP contribution is 2.24. The molecule has 0 unspecified atom stereocenters. The third kappa shape index (κ3) is 7.72. The number of alkyl halides is 3. The molecule has 0 aromatic heterocycles. The Bertz CT molecular complexity index is 969. The van der Waals surface area contributed by atoms with Gasteiger partial charge in [-0.2, -0.15) is 10.4 Å². The van der Waals surface area contributed by atoms with Crippen molar-refractivity contribution >= 4 is 40.6 Å². The molecule has 2 rings (SSSR count). The van der Waals surface area contributed by atoms with Gasteiger partial charge in [-0.3, -0.25) is 15.6 Å².